The van der Waals surface area contributed by atoms with Crippen molar-refractivity contribution >= 4 is 5.91 Å². The Bertz CT molecular complexity index is 314. The topological polar surface area (TPSA) is 41.6 Å². The number of hydrogen-bond donors (Lipinski definition) is 1. The van der Waals surface area contributed by atoms with E-state index in [4.69, 9.17) is 4.74 Å². The molecule has 4 nitrogen and oxygen atoms in total. The molecule has 3 unspecified atom stereocenters. The molecule has 1 amide bonds. The highest BCUT2D eigenvalue weighted by atomic mass is 16.5. The zero-order valence-electron chi connectivity index (χ0n) is 14.0. The molecule has 1 saturated heterocycles. The number of ether oxygens (including phenoxy) is 1. The van der Waals surface area contributed by atoms with Crippen molar-refractivity contribution in [1.82, 2.24) is 10.2 Å². The standard InChI is InChI=1S/C16H32N2O2/c1-7-9-13(11-20-6)18-14(10-12(3)4)17-16(5,8-2)15(18)19/h12-14,17H,7-11H2,1-6H3. The molecular weight excluding hydrogens is 252 g/mol. The minimum atomic E-state index is -0.417. The SMILES string of the molecule is CCCC(COC)N1C(=O)C(C)(CC)NC1CC(C)C. The van der Waals surface area contributed by atoms with Crippen LogP contribution in [0, 0.1) is 5.92 Å². The van der Waals surface area contributed by atoms with Crippen LogP contribution in [-0.4, -0.2) is 42.3 Å². The Morgan fingerprint density at radius 1 is 1.40 bits per heavy atom. The Morgan fingerprint density at radius 3 is 2.50 bits per heavy atom. The van der Waals surface area contributed by atoms with Crippen LogP contribution >= 0.6 is 0 Å². The van der Waals surface area contributed by atoms with Crippen LogP contribution in [0.2, 0.25) is 0 Å². The summed E-state index contributed by atoms with van der Waals surface area (Å²) in [6.45, 7) is 11.3. The molecule has 118 valence electrons. The highest BCUT2D eigenvalue weighted by molar-refractivity contribution is 5.88. The van der Waals surface area contributed by atoms with E-state index < -0.39 is 5.54 Å². The molecule has 0 bridgehead atoms. The largest absolute Gasteiger partial charge is 0.383 e. The normalized spacial score (nSPS) is 28.4. The first kappa shape index (κ1) is 17.4. The average Bonchev–Trinajstić information content (AvgIpc) is 2.61. The van der Waals surface area contributed by atoms with Gasteiger partial charge in [-0.15, -0.1) is 0 Å². The van der Waals surface area contributed by atoms with E-state index in [0.29, 0.717) is 12.5 Å². The van der Waals surface area contributed by atoms with Gasteiger partial charge in [0.05, 0.1) is 24.4 Å². The number of nitrogens with one attached hydrogen (secondary N) is 1. The number of nitrogens with zero attached hydrogens (tertiary/aromatic N) is 1. The molecule has 1 fully saturated rings. The summed E-state index contributed by atoms with van der Waals surface area (Å²) < 4.78 is 5.35. The molecule has 0 saturated carbocycles. The van der Waals surface area contributed by atoms with Gasteiger partial charge in [0.2, 0.25) is 5.91 Å². The third-order valence-corrected chi connectivity index (χ3v) is 4.30. The molecular formula is C16H32N2O2. The van der Waals surface area contributed by atoms with E-state index in [1.54, 1.807) is 7.11 Å². The summed E-state index contributed by atoms with van der Waals surface area (Å²) in [6, 6.07) is 0.183. The number of amides is 1. The minimum absolute atomic E-state index is 0.138. The van der Waals surface area contributed by atoms with Gasteiger partial charge in [0.15, 0.2) is 0 Å². The highest BCUT2D eigenvalue weighted by Gasteiger charge is 2.48. The van der Waals surface area contributed by atoms with Crippen LogP contribution in [0.5, 0.6) is 0 Å². The fourth-order valence-corrected chi connectivity index (χ4v) is 3.05. The zero-order valence-corrected chi connectivity index (χ0v) is 14.0. The second kappa shape index (κ2) is 7.41. The summed E-state index contributed by atoms with van der Waals surface area (Å²) in [6.07, 6.45) is 4.01. The van der Waals surface area contributed by atoms with Gasteiger partial charge in [-0.3, -0.25) is 10.1 Å². The van der Waals surface area contributed by atoms with E-state index in [1.165, 1.54) is 0 Å². The Hall–Kier alpha value is -0.610. The van der Waals surface area contributed by atoms with E-state index in [0.717, 1.165) is 25.7 Å². The molecule has 0 radical (unpaired) electrons. The van der Waals surface area contributed by atoms with Crippen molar-refractivity contribution in [3.05, 3.63) is 0 Å². The van der Waals surface area contributed by atoms with Crippen LogP contribution in [0.15, 0.2) is 0 Å². The van der Waals surface area contributed by atoms with Crippen LogP contribution in [0.3, 0.4) is 0 Å². The van der Waals surface area contributed by atoms with E-state index in [2.05, 4.69) is 37.9 Å². The Morgan fingerprint density at radius 2 is 2.05 bits per heavy atom. The van der Waals surface area contributed by atoms with E-state index in [1.807, 2.05) is 6.92 Å². The van der Waals surface area contributed by atoms with E-state index in [-0.39, 0.29) is 18.1 Å². The molecule has 1 aliphatic rings. The molecule has 1 heterocycles. The smallest absolute Gasteiger partial charge is 0.244 e. The van der Waals surface area contributed by atoms with Crippen LogP contribution in [0.4, 0.5) is 0 Å². The number of hydrogen-bond acceptors (Lipinski definition) is 3. The van der Waals surface area contributed by atoms with Gasteiger partial charge in [-0.1, -0.05) is 34.1 Å². The molecule has 3 atom stereocenters. The summed E-state index contributed by atoms with van der Waals surface area (Å²) in [4.78, 5) is 14.9. The minimum Gasteiger partial charge on any atom is -0.383 e. The number of methoxy groups -OCH3 is 1. The van der Waals surface area contributed by atoms with Crippen LogP contribution in [-0.2, 0) is 9.53 Å². The molecule has 0 aromatic rings. The maximum absolute atomic E-state index is 12.8. The first-order valence-electron chi connectivity index (χ1n) is 7.99. The summed E-state index contributed by atoms with van der Waals surface area (Å²) >= 11 is 0. The Labute approximate surface area is 124 Å². The number of rotatable bonds is 8. The lowest BCUT2D eigenvalue weighted by molar-refractivity contribution is -0.136. The van der Waals surface area contributed by atoms with Gasteiger partial charge >= 0.3 is 0 Å². The van der Waals surface area contributed by atoms with Crippen molar-refractivity contribution in [2.45, 2.75) is 78.0 Å². The van der Waals surface area contributed by atoms with Gasteiger partial charge in [0, 0.05) is 7.11 Å². The van der Waals surface area contributed by atoms with Crippen molar-refractivity contribution in [1.29, 1.82) is 0 Å². The summed E-state index contributed by atoms with van der Waals surface area (Å²) in [5, 5.41) is 3.57. The predicted octanol–water partition coefficient (Wildman–Crippen LogP) is 2.77. The summed E-state index contributed by atoms with van der Waals surface area (Å²) in [5.74, 6) is 0.799. The zero-order chi connectivity index (χ0) is 15.3. The fraction of sp³-hybridized carbons (Fsp3) is 0.938. The lowest BCUT2D eigenvalue weighted by atomic mass is 9.98. The van der Waals surface area contributed by atoms with Gasteiger partial charge in [-0.2, -0.15) is 0 Å². The van der Waals surface area contributed by atoms with Gasteiger partial charge in [0.1, 0.15) is 0 Å². The third-order valence-electron chi connectivity index (χ3n) is 4.30. The number of carbonyl (C=O) groups excluding carboxylic acids is 1. The van der Waals surface area contributed by atoms with Crippen molar-refractivity contribution < 1.29 is 9.53 Å². The summed E-state index contributed by atoms with van der Waals surface area (Å²) in [7, 11) is 1.72. The van der Waals surface area contributed by atoms with Crippen LogP contribution < -0.4 is 5.32 Å². The van der Waals surface area contributed by atoms with Gasteiger partial charge in [-0.25, -0.2) is 0 Å². The molecule has 1 N–H and O–H groups in total. The van der Waals surface area contributed by atoms with Gasteiger partial charge < -0.3 is 9.64 Å². The van der Waals surface area contributed by atoms with Crippen molar-refractivity contribution in [2.24, 2.45) is 5.92 Å². The summed E-state index contributed by atoms with van der Waals surface area (Å²) in [5.41, 5.74) is -0.417. The molecule has 4 heteroatoms. The van der Waals surface area contributed by atoms with Crippen molar-refractivity contribution in [3.63, 3.8) is 0 Å². The van der Waals surface area contributed by atoms with Crippen LogP contribution in [0.25, 0.3) is 0 Å². The highest BCUT2D eigenvalue weighted by Crippen LogP contribution is 2.30. The van der Waals surface area contributed by atoms with Crippen LogP contribution in [0.1, 0.15) is 60.3 Å². The Balaban J connectivity index is 2.98. The molecule has 0 aliphatic carbocycles. The third kappa shape index (κ3) is 3.73. The average molecular weight is 284 g/mol. The molecule has 20 heavy (non-hydrogen) atoms. The lowest BCUT2D eigenvalue weighted by Gasteiger charge is -2.33. The first-order valence-corrected chi connectivity index (χ1v) is 7.99. The van der Waals surface area contributed by atoms with Gasteiger partial charge in [0.25, 0.3) is 0 Å². The van der Waals surface area contributed by atoms with Crippen molar-refractivity contribution in [3.8, 4) is 0 Å². The monoisotopic (exact) mass is 284 g/mol. The molecule has 0 aromatic heterocycles. The molecule has 1 aliphatic heterocycles. The molecule has 1 rings (SSSR count). The fourth-order valence-electron chi connectivity index (χ4n) is 3.05. The number of carbonyl (C=O) groups is 1. The van der Waals surface area contributed by atoms with E-state index in [9.17, 15) is 4.79 Å². The van der Waals surface area contributed by atoms with Crippen molar-refractivity contribution in [2.75, 3.05) is 13.7 Å². The second-order valence-corrected chi connectivity index (χ2v) is 6.59. The van der Waals surface area contributed by atoms with Gasteiger partial charge in [-0.05, 0) is 32.1 Å². The van der Waals surface area contributed by atoms with E-state index >= 15 is 0 Å². The molecule has 0 spiro atoms. The predicted molar refractivity (Wildman–Crippen MR) is 82.5 cm³/mol. The lowest BCUT2D eigenvalue weighted by Crippen LogP contribution is -2.47. The maximum Gasteiger partial charge on any atom is 0.244 e. The Kier molecular flexibility index (Phi) is 6.46. The first-order chi connectivity index (χ1) is 9.39. The quantitative estimate of drug-likeness (QED) is 0.745. The molecule has 0 aromatic carbocycles. The maximum atomic E-state index is 12.8. The second-order valence-electron chi connectivity index (χ2n) is 6.59.